The largest absolute Gasteiger partial charge is 0.346 e. The van der Waals surface area contributed by atoms with Gasteiger partial charge in [0.25, 0.3) is 0 Å². The van der Waals surface area contributed by atoms with E-state index in [2.05, 4.69) is 36.1 Å². The lowest BCUT2D eigenvalue weighted by Crippen LogP contribution is -2.26. The van der Waals surface area contributed by atoms with Crippen molar-refractivity contribution in [2.24, 2.45) is 0 Å². The minimum atomic E-state index is 0.0866. The zero-order valence-corrected chi connectivity index (χ0v) is 13.7. The maximum absolute atomic E-state index is 11.8. The van der Waals surface area contributed by atoms with Gasteiger partial charge in [-0.15, -0.1) is 0 Å². The fraction of sp³-hybridized carbons (Fsp3) is 0.471. The van der Waals surface area contributed by atoms with Crippen LogP contribution in [0.2, 0.25) is 0 Å². The minimum absolute atomic E-state index is 0.0866. The van der Waals surface area contributed by atoms with Crippen LogP contribution in [-0.2, 0) is 11.2 Å². The van der Waals surface area contributed by atoms with Gasteiger partial charge in [-0.25, -0.2) is 0 Å². The Bertz CT molecular complexity index is 617. The standard InChI is InChI=1S/C17H23N3O2/c1-5-20(4)16(21)11-10-15-18-17(19-22-15)14-8-6-13(7-9-14)12(2)3/h6-9,12H,5,10-11H2,1-4H3. The number of carbonyl (C=O) groups is 1. The fourth-order valence-corrected chi connectivity index (χ4v) is 2.07. The zero-order chi connectivity index (χ0) is 16.1. The molecule has 5 nitrogen and oxygen atoms in total. The normalized spacial score (nSPS) is 11.0. The maximum atomic E-state index is 11.8. The first-order valence-electron chi connectivity index (χ1n) is 7.68. The Labute approximate surface area is 131 Å². The highest BCUT2D eigenvalue weighted by Gasteiger charge is 2.12. The third-order valence-electron chi connectivity index (χ3n) is 3.76. The molecule has 1 aromatic heterocycles. The van der Waals surface area contributed by atoms with Gasteiger partial charge in [0.1, 0.15) is 0 Å². The Morgan fingerprint density at radius 2 is 1.95 bits per heavy atom. The van der Waals surface area contributed by atoms with E-state index in [1.54, 1.807) is 11.9 Å². The van der Waals surface area contributed by atoms with Gasteiger partial charge >= 0.3 is 0 Å². The van der Waals surface area contributed by atoms with Crippen LogP contribution in [0.25, 0.3) is 11.4 Å². The minimum Gasteiger partial charge on any atom is -0.346 e. The van der Waals surface area contributed by atoms with Crippen LogP contribution in [-0.4, -0.2) is 34.5 Å². The van der Waals surface area contributed by atoms with Crippen LogP contribution >= 0.6 is 0 Å². The summed E-state index contributed by atoms with van der Waals surface area (Å²) in [6, 6.07) is 8.16. The van der Waals surface area contributed by atoms with Crippen LogP contribution < -0.4 is 0 Å². The van der Waals surface area contributed by atoms with Crippen LogP contribution in [0, 0.1) is 0 Å². The molecule has 2 rings (SSSR count). The molecule has 5 heteroatoms. The first-order valence-corrected chi connectivity index (χ1v) is 7.68. The van der Waals surface area contributed by atoms with Crippen molar-refractivity contribution in [1.82, 2.24) is 15.0 Å². The molecule has 22 heavy (non-hydrogen) atoms. The summed E-state index contributed by atoms with van der Waals surface area (Å²) in [5, 5.41) is 3.99. The molecule has 1 amide bonds. The summed E-state index contributed by atoms with van der Waals surface area (Å²) in [5.41, 5.74) is 2.21. The van der Waals surface area contributed by atoms with Crippen molar-refractivity contribution in [2.45, 2.75) is 39.5 Å². The maximum Gasteiger partial charge on any atom is 0.227 e. The molecule has 0 aliphatic carbocycles. The molecule has 118 valence electrons. The van der Waals surface area contributed by atoms with Gasteiger partial charge < -0.3 is 9.42 Å². The number of aryl methyl sites for hydroxylation is 1. The van der Waals surface area contributed by atoms with E-state index >= 15 is 0 Å². The van der Waals surface area contributed by atoms with Crippen molar-refractivity contribution in [3.8, 4) is 11.4 Å². The van der Waals surface area contributed by atoms with Crippen molar-refractivity contribution >= 4 is 5.91 Å². The Kier molecular flexibility index (Phi) is 5.31. The van der Waals surface area contributed by atoms with Gasteiger partial charge in [-0.1, -0.05) is 43.3 Å². The average Bonchev–Trinajstić information content (AvgIpc) is 3.00. The van der Waals surface area contributed by atoms with Crippen molar-refractivity contribution in [2.75, 3.05) is 13.6 Å². The second-order valence-corrected chi connectivity index (χ2v) is 5.70. The Balaban J connectivity index is 2.00. The Hall–Kier alpha value is -2.17. The van der Waals surface area contributed by atoms with Crippen molar-refractivity contribution < 1.29 is 9.32 Å². The first-order chi connectivity index (χ1) is 10.5. The van der Waals surface area contributed by atoms with E-state index in [1.807, 2.05) is 19.1 Å². The van der Waals surface area contributed by atoms with Gasteiger partial charge in [0.05, 0.1) is 0 Å². The summed E-state index contributed by atoms with van der Waals surface area (Å²) in [4.78, 5) is 17.8. The third-order valence-corrected chi connectivity index (χ3v) is 3.76. The molecule has 0 aliphatic rings. The van der Waals surface area contributed by atoms with Crippen LogP contribution in [0.4, 0.5) is 0 Å². The first kappa shape index (κ1) is 16.2. The molecule has 0 spiro atoms. The molecule has 1 heterocycles. The molecule has 1 aromatic carbocycles. The highest BCUT2D eigenvalue weighted by Crippen LogP contribution is 2.20. The van der Waals surface area contributed by atoms with Gasteiger partial charge in [-0.05, 0) is 18.4 Å². The van der Waals surface area contributed by atoms with Crippen molar-refractivity contribution in [1.29, 1.82) is 0 Å². The van der Waals surface area contributed by atoms with Crippen LogP contribution in [0.15, 0.2) is 28.8 Å². The highest BCUT2D eigenvalue weighted by atomic mass is 16.5. The van der Waals surface area contributed by atoms with Gasteiger partial charge in [-0.3, -0.25) is 4.79 Å². The van der Waals surface area contributed by atoms with Gasteiger partial charge in [0.15, 0.2) is 0 Å². The Morgan fingerprint density at radius 3 is 2.55 bits per heavy atom. The molecule has 0 aliphatic heterocycles. The molecule has 0 N–H and O–H groups in total. The predicted octanol–water partition coefficient (Wildman–Crippen LogP) is 3.27. The average molecular weight is 301 g/mol. The van der Waals surface area contributed by atoms with E-state index in [9.17, 15) is 4.79 Å². The van der Waals surface area contributed by atoms with E-state index in [0.717, 1.165) is 5.56 Å². The number of hydrogen-bond acceptors (Lipinski definition) is 4. The van der Waals surface area contributed by atoms with E-state index in [1.165, 1.54) is 5.56 Å². The molecule has 0 fully saturated rings. The van der Waals surface area contributed by atoms with Crippen LogP contribution in [0.3, 0.4) is 0 Å². The lowest BCUT2D eigenvalue weighted by Gasteiger charge is -2.12. The van der Waals surface area contributed by atoms with Crippen LogP contribution in [0.1, 0.15) is 44.6 Å². The van der Waals surface area contributed by atoms with Crippen LogP contribution in [0.5, 0.6) is 0 Å². The summed E-state index contributed by atoms with van der Waals surface area (Å²) in [6.07, 6.45) is 0.860. The number of amides is 1. The van der Waals surface area contributed by atoms with Gasteiger partial charge in [0, 0.05) is 32.0 Å². The number of benzene rings is 1. The van der Waals surface area contributed by atoms with E-state index in [4.69, 9.17) is 4.52 Å². The lowest BCUT2D eigenvalue weighted by molar-refractivity contribution is -0.129. The lowest BCUT2D eigenvalue weighted by atomic mass is 10.0. The molecular formula is C17H23N3O2. The second kappa shape index (κ2) is 7.20. The quantitative estimate of drug-likeness (QED) is 0.821. The third kappa shape index (κ3) is 3.93. The zero-order valence-electron chi connectivity index (χ0n) is 13.7. The smallest absolute Gasteiger partial charge is 0.227 e. The molecule has 0 saturated carbocycles. The molecule has 0 saturated heterocycles. The van der Waals surface area contributed by atoms with Gasteiger partial charge in [-0.2, -0.15) is 4.98 Å². The van der Waals surface area contributed by atoms with E-state index in [-0.39, 0.29) is 5.91 Å². The van der Waals surface area contributed by atoms with Crippen molar-refractivity contribution in [3.63, 3.8) is 0 Å². The predicted molar refractivity (Wildman–Crippen MR) is 85.5 cm³/mol. The van der Waals surface area contributed by atoms with Gasteiger partial charge in [0.2, 0.25) is 17.6 Å². The van der Waals surface area contributed by atoms with E-state index < -0.39 is 0 Å². The summed E-state index contributed by atoms with van der Waals surface area (Å²) >= 11 is 0. The molecule has 0 bridgehead atoms. The number of nitrogens with zero attached hydrogens (tertiary/aromatic N) is 3. The monoisotopic (exact) mass is 301 g/mol. The number of hydrogen-bond donors (Lipinski definition) is 0. The summed E-state index contributed by atoms with van der Waals surface area (Å²) in [5.74, 6) is 1.65. The highest BCUT2D eigenvalue weighted by molar-refractivity contribution is 5.75. The number of carbonyl (C=O) groups excluding carboxylic acids is 1. The fourth-order valence-electron chi connectivity index (χ4n) is 2.07. The summed E-state index contributed by atoms with van der Waals surface area (Å²) in [6.45, 7) is 6.97. The number of rotatable bonds is 6. The van der Waals surface area contributed by atoms with E-state index in [0.29, 0.717) is 37.0 Å². The molecule has 0 radical (unpaired) electrons. The topological polar surface area (TPSA) is 59.2 Å². The molecule has 0 unspecified atom stereocenters. The molecule has 2 aromatic rings. The number of aromatic nitrogens is 2. The molecule has 0 atom stereocenters. The summed E-state index contributed by atoms with van der Waals surface area (Å²) < 4.78 is 5.23. The Morgan fingerprint density at radius 1 is 1.27 bits per heavy atom. The van der Waals surface area contributed by atoms with Crippen molar-refractivity contribution in [3.05, 3.63) is 35.7 Å². The second-order valence-electron chi connectivity index (χ2n) is 5.70. The summed E-state index contributed by atoms with van der Waals surface area (Å²) in [7, 11) is 1.79. The molecular weight excluding hydrogens is 278 g/mol. The SMILES string of the molecule is CCN(C)C(=O)CCc1nc(-c2ccc(C(C)C)cc2)no1.